The first-order valence-corrected chi connectivity index (χ1v) is 9.58. The zero-order valence-corrected chi connectivity index (χ0v) is 17.7. The fourth-order valence-corrected chi connectivity index (χ4v) is 3.29. The third-order valence-electron chi connectivity index (χ3n) is 4.60. The van der Waals surface area contributed by atoms with Crippen LogP contribution in [0.25, 0.3) is 11.4 Å². The standard InChI is InChI=1S/C21H24N4O3S/c1-13-6-5-7-15(10-13)20-23-24-21(29)25(20)9-8-19(26)22-16-12-18(28-4)17(27-3)11-14(16)2/h5-7,10-12H,8-9H2,1-4H3,(H,22,26)(H,24,29). The maximum absolute atomic E-state index is 12.6. The Balaban J connectivity index is 1.74. The maximum Gasteiger partial charge on any atom is 0.226 e. The molecule has 1 aromatic heterocycles. The highest BCUT2D eigenvalue weighted by Gasteiger charge is 2.13. The summed E-state index contributed by atoms with van der Waals surface area (Å²) in [6.07, 6.45) is 0.250. The second kappa shape index (κ2) is 8.91. The number of aryl methyl sites for hydroxylation is 2. The van der Waals surface area contributed by atoms with Crippen molar-refractivity contribution in [1.29, 1.82) is 0 Å². The Bertz CT molecular complexity index is 1090. The predicted molar refractivity (Wildman–Crippen MR) is 115 cm³/mol. The molecule has 0 atom stereocenters. The number of benzene rings is 2. The Hall–Kier alpha value is -3.13. The molecule has 7 nitrogen and oxygen atoms in total. The van der Waals surface area contributed by atoms with Crippen LogP contribution in [0, 0.1) is 18.6 Å². The summed E-state index contributed by atoms with van der Waals surface area (Å²) in [5, 5.41) is 10.1. The van der Waals surface area contributed by atoms with Gasteiger partial charge in [-0.25, -0.2) is 0 Å². The lowest BCUT2D eigenvalue weighted by atomic mass is 10.1. The Morgan fingerprint density at radius 3 is 2.59 bits per heavy atom. The Morgan fingerprint density at radius 2 is 1.90 bits per heavy atom. The molecule has 0 aliphatic carbocycles. The van der Waals surface area contributed by atoms with Crippen molar-refractivity contribution in [3.05, 3.63) is 52.3 Å². The fraction of sp³-hybridized carbons (Fsp3) is 0.286. The van der Waals surface area contributed by atoms with Crippen molar-refractivity contribution in [1.82, 2.24) is 14.8 Å². The minimum Gasteiger partial charge on any atom is -0.493 e. The lowest BCUT2D eigenvalue weighted by Gasteiger charge is -2.14. The summed E-state index contributed by atoms with van der Waals surface area (Å²) in [5.74, 6) is 1.77. The molecule has 152 valence electrons. The first-order chi connectivity index (χ1) is 13.9. The summed E-state index contributed by atoms with van der Waals surface area (Å²) in [6, 6.07) is 11.6. The van der Waals surface area contributed by atoms with E-state index in [9.17, 15) is 4.79 Å². The van der Waals surface area contributed by atoms with Crippen molar-refractivity contribution in [2.24, 2.45) is 0 Å². The van der Waals surface area contributed by atoms with E-state index in [-0.39, 0.29) is 12.3 Å². The molecule has 0 unspecified atom stereocenters. The molecule has 0 aliphatic heterocycles. The molecule has 0 saturated heterocycles. The summed E-state index contributed by atoms with van der Waals surface area (Å²) >= 11 is 5.35. The highest BCUT2D eigenvalue weighted by Crippen LogP contribution is 2.33. The number of hydrogen-bond donors (Lipinski definition) is 2. The predicted octanol–water partition coefficient (Wildman–Crippen LogP) is 4.27. The van der Waals surface area contributed by atoms with Gasteiger partial charge in [-0.05, 0) is 43.8 Å². The number of nitrogens with zero attached hydrogens (tertiary/aromatic N) is 2. The van der Waals surface area contributed by atoms with Gasteiger partial charge in [0.1, 0.15) is 0 Å². The third kappa shape index (κ3) is 4.65. The SMILES string of the molecule is COc1cc(C)c(NC(=O)CCn2c(-c3cccc(C)c3)n[nH]c2=S)cc1OC. The Kier molecular flexibility index (Phi) is 6.33. The molecule has 1 amide bonds. The number of carbonyl (C=O) groups excluding carboxylic acids is 1. The van der Waals surface area contributed by atoms with Crippen LogP contribution in [0.1, 0.15) is 17.5 Å². The van der Waals surface area contributed by atoms with E-state index >= 15 is 0 Å². The molecule has 3 aromatic rings. The zero-order valence-electron chi connectivity index (χ0n) is 16.9. The van der Waals surface area contributed by atoms with Crippen LogP contribution in [0.5, 0.6) is 11.5 Å². The van der Waals surface area contributed by atoms with Crippen molar-refractivity contribution in [3.8, 4) is 22.9 Å². The van der Waals surface area contributed by atoms with Crippen LogP contribution in [0.4, 0.5) is 5.69 Å². The summed E-state index contributed by atoms with van der Waals surface area (Å²) in [4.78, 5) is 12.6. The van der Waals surface area contributed by atoms with E-state index in [1.807, 2.05) is 48.7 Å². The quantitative estimate of drug-likeness (QED) is 0.567. The number of nitrogens with one attached hydrogen (secondary N) is 2. The summed E-state index contributed by atoms with van der Waals surface area (Å²) in [6.45, 7) is 4.34. The van der Waals surface area contributed by atoms with E-state index in [0.717, 1.165) is 16.7 Å². The Labute approximate surface area is 174 Å². The van der Waals surface area contributed by atoms with Gasteiger partial charge in [0.25, 0.3) is 0 Å². The number of H-pyrrole nitrogens is 1. The molecule has 0 spiro atoms. The number of aromatic nitrogens is 3. The van der Waals surface area contributed by atoms with E-state index in [1.54, 1.807) is 20.3 Å². The average molecular weight is 413 g/mol. The molecule has 0 saturated carbocycles. The Morgan fingerprint density at radius 1 is 1.17 bits per heavy atom. The summed E-state index contributed by atoms with van der Waals surface area (Å²) in [7, 11) is 3.14. The number of methoxy groups -OCH3 is 2. The van der Waals surface area contributed by atoms with Gasteiger partial charge in [-0.15, -0.1) is 0 Å². The molecule has 0 bridgehead atoms. The van der Waals surface area contributed by atoms with Crippen LogP contribution < -0.4 is 14.8 Å². The third-order valence-corrected chi connectivity index (χ3v) is 4.91. The van der Waals surface area contributed by atoms with Gasteiger partial charge >= 0.3 is 0 Å². The first-order valence-electron chi connectivity index (χ1n) is 9.17. The van der Waals surface area contributed by atoms with Crippen LogP contribution in [0.15, 0.2) is 36.4 Å². The second-order valence-electron chi connectivity index (χ2n) is 6.69. The lowest BCUT2D eigenvalue weighted by molar-refractivity contribution is -0.116. The van der Waals surface area contributed by atoms with Gasteiger partial charge in [0.2, 0.25) is 5.91 Å². The molecular weight excluding hydrogens is 388 g/mol. The van der Waals surface area contributed by atoms with E-state index in [2.05, 4.69) is 15.5 Å². The van der Waals surface area contributed by atoms with E-state index in [0.29, 0.717) is 34.3 Å². The minimum atomic E-state index is -0.126. The summed E-state index contributed by atoms with van der Waals surface area (Å²) in [5.41, 5.74) is 3.65. The topological polar surface area (TPSA) is 81.2 Å². The van der Waals surface area contributed by atoms with Crippen molar-refractivity contribution >= 4 is 23.8 Å². The van der Waals surface area contributed by atoms with Gasteiger partial charge in [0.05, 0.1) is 14.2 Å². The molecule has 2 aromatic carbocycles. The zero-order chi connectivity index (χ0) is 21.0. The van der Waals surface area contributed by atoms with Gasteiger partial charge in [0.15, 0.2) is 22.1 Å². The monoisotopic (exact) mass is 412 g/mol. The van der Waals surface area contributed by atoms with Crippen molar-refractivity contribution < 1.29 is 14.3 Å². The molecule has 0 radical (unpaired) electrons. The van der Waals surface area contributed by atoms with Gasteiger partial charge in [-0.1, -0.05) is 23.8 Å². The van der Waals surface area contributed by atoms with E-state index in [4.69, 9.17) is 21.7 Å². The minimum absolute atomic E-state index is 0.126. The van der Waals surface area contributed by atoms with E-state index < -0.39 is 0 Å². The maximum atomic E-state index is 12.6. The van der Waals surface area contributed by atoms with Crippen molar-refractivity contribution in [3.63, 3.8) is 0 Å². The molecule has 8 heteroatoms. The lowest BCUT2D eigenvalue weighted by Crippen LogP contribution is -2.16. The molecule has 1 heterocycles. The van der Waals surface area contributed by atoms with Crippen LogP contribution >= 0.6 is 12.2 Å². The average Bonchev–Trinajstić information content (AvgIpc) is 3.08. The van der Waals surface area contributed by atoms with Crippen molar-refractivity contribution in [2.45, 2.75) is 26.8 Å². The molecule has 2 N–H and O–H groups in total. The smallest absolute Gasteiger partial charge is 0.226 e. The number of ether oxygens (including phenoxy) is 2. The number of rotatable bonds is 7. The highest BCUT2D eigenvalue weighted by molar-refractivity contribution is 7.71. The number of carbonyl (C=O) groups is 1. The molecular formula is C21H24N4O3S. The molecule has 29 heavy (non-hydrogen) atoms. The van der Waals surface area contributed by atoms with Crippen LogP contribution in [-0.4, -0.2) is 34.9 Å². The second-order valence-corrected chi connectivity index (χ2v) is 7.08. The number of aromatic amines is 1. The number of anilines is 1. The molecule has 3 rings (SSSR count). The highest BCUT2D eigenvalue weighted by atomic mass is 32.1. The van der Waals surface area contributed by atoms with Gasteiger partial charge in [-0.3, -0.25) is 14.5 Å². The van der Waals surface area contributed by atoms with Crippen LogP contribution in [0.2, 0.25) is 0 Å². The van der Waals surface area contributed by atoms with Gasteiger partial charge < -0.3 is 14.8 Å². The van der Waals surface area contributed by atoms with Crippen LogP contribution in [-0.2, 0) is 11.3 Å². The summed E-state index contributed by atoms with van der Waals surface area (Å²) < 4.78 is 12.9. The normalized spacial score (nSPS) is 10.6. The van der Waals surface area contributed by atoms with Crippen molar-refractivity contribution in [2.75, 3.05) is 19.5 Å². The molecule has 0 fully saturated rings. The van der Waals surface area contributed by atoms with E-state index in [1.165, 1.54) is 0 Å². The number of amides is 1. The molecule has 0 aliphatic rings. The number of hydrogen-bond acceptors (Lipinski definition) is 5. The van der Waals surface area contributed by atoms with Gasteiger partial charge in [0, 0.05) is 30.3 Å². The fourth-order valence-electron chi connectivity index (χ4n) is 3.07. The van der Waals surface area contributed by atoms with Crippen LogP contribution in [0.3, 0.4) is 0 Å². The van der Waals surface area contributed by atoms with Gasteiger partial charge in [-0.2, -0.15) is 5.10 Å². The largest absolute Gasteiger partial charge is 0.493 e. The first kappa shape index (κ1) is 20.6.